The summed E-state index contributed by atoms with van der Waals surface area (Å²) in [5.74, 6) is 0.228. The smallest absolute Gasteiger partial charge is 0.244 e. The fourth-order valence-electron chi connectivity index (χ4n) is 1.51. The maximum atomic E-state index is 13.0. The van der Waals surface area contributed by atoms with Crippen LogP contribution in [0.4, 0.5) is 4.39 Å². The van der Waals surface area contributed by atoms with Crippen LogP contribution >= 0.6 is 11.6 Å². The predicted molar refractivity (Wildman–Crippen MR) is 71.1 cm³/mol. The maximum absolute atomic E-state index is 13.0. The van der Waals surface area contributed by atoms with E-state index < -0.39 is 5.82 Å². The first-order valence-corrected chi connectivity index (χ1v) is 6.21. The molecule has 0 saturated carbocycles. The van der Waals surface area contributed by atoms with Gasteiger partial charge in [-0.05, 0) is 23.6 Å². The SMILES string of the molecule is CC(C)(C)[C@H](N)c1nc(-c2ccc(F)cc2Cl)no1. The van der Waals surface area contributed by atoms with E-state index in [4.69, 9.17) is 21.9 Å². The zero-order chi connectivity index (χ0) is 14.2. The van der Waals surface area contributed by atoms with Crippen LogP contribution in [-0.2, 0) is 0 Å². The van der Waals surface area contributed by atoms with Gasteiger partial charge in [-0.1, -0.05) is 37.5 Å². The Bertz CT molecular complexity index is 592. The molecule has 2 N–H and O–H groups in total. The molecule has 6 heteroatoms. The highest BCUT2D eigenvalue weighted by Crippen LogP contribution is 2.32. The van der Waals surface area contributed by atoms with Crippen LogP contribution in [0.3, 0.4) is 0 Å². The molecule has 1 aromatic carbocycles. The Labute approximate surface area is 115 Å². The fourth-order valence-corrected chi connectivity index (χ4v) is 1.76. The summed E-state index contributed by atoms with van der Waals surface area (Å²) in [7, 11) is 0. The first-order valence-electron chi connectivity index (χ1n) is 5.83. The number of aromatic nitrogens is 2. The van der Waals surface area contributed by atoms with Gasteiger partial charge in [0, 0.05) is 5.56 Å². The van der Waals surface area contributed by atoms with Gasteiger partial charge in [0.15, 0.2) is 0 Å². The molecule has 19 heavy (non-hydrogen) atoms. The summed E-state index contributed by atoms with van der Waals surface area (Å²) >= 11 is 5.95. The van der Waals surface area contributed by atoms with E-state index >= 15 is 0 Å². The summed E-state index contributed by atoms with van der Waals surface area (Å²) in [6, 6.07) is 3.62. The molecule has 1 atom stereocenters. The van der Waals surface area contributed by atoms with Gasteiger partial charge in [0.1, 0.15) is 5.82 Å². The van der Waals surface area contributed by atoms with Gasteiger partial charge < -0.3 is 10.3 Å². The van der Waals surface area contributed by atoms with Gasteiger partial charge in [-0.25, -0.2) is 4.39 Å². The lowest BCUT2D eigenvalue weighted by Crippen LogP contribution is -2.26. The Morgan fingerprint density at radius 3 is 2.63 bits per heavy atom. The first-order chi connectivity index (χ1) is 8.79. The van der Waals surface area contributed by atoms with Crippen molar-refractivity contribution in [1.29, 1.82) is 0 Å². The molecule has 2 aromatic rings. The summed E-state index contributed by atoms with van der Waals surface area (Å²) in [6.45, 7) is 5.94. The van der Waals surface area contributed by atoms with Crippen LogP contribution in [0.25, 0.3) is 11.4 Å². The van der Waals surface area contributed by atoms with E-state index in [1.54, 1.807) is 0 Å². The Hall–Kier alpha value is -1.46. The lowest BCUT2D eigenvalue weighted by atomic mass is 9.87. The Kier molecular flexibility index (Phi) is 3.60. The molecule has 1 heterocycles. The van der Waals surface area contributed by atoms with Crippen molar-refractivity contribution in [2.75, 3.05) is 0 Å². The van der Waals surface area contributed by atoms with Crippen LogP contribution < -0.4 is 5.73 Å². The summed E-state index contributed by atoms with van der Waals surface area (Å²) in [5, 5.41) is 4.07. The highest BCUT2D eigenvalue weighted by Gasteiger charge is 2.28. The summed E-state index contributed by atoms with van der Waals surface area (Å²) in [4.78, 5) is 4.23. The number of halogens is 2. The van der Waals surface area contributed by atoms with Crippen LogP contribution in [0.5, 0.6) is 0 Å². The molecule has 2 rings (SSSR count). The summed E-state index contributed by atoms with van der Waals surface area (Å²) < 4.78 is 18.1. The number of benzene rings is 1. The lowest BCUT2D eigenvalue weighted by molar-refractivity contribution is 0.253. The molecular formula is C13H15ClFN3O. The Morgan fingerprint density at radius 2 is 2.05 bits per heavy atom. The summed E-state index contributed by atoms with van der Waals surface area (Å²) in [5.41, 5.74) is 6.35. The molecule has 0 amide bonds. The monoisotopic (exact) mass is 283 g/mol. The van der Waals surface area contributed by atoms with Crippen LogP contribution in [0, 0.1) is 11.2 Å². The third-order valence-corrected chi connectivity index (χ3v) is 3.13. The second kappa shape index (κ2) is 4.90. The van der Waals surface area contributed by atoms with Crippen LogP contribution in [0.1, 0.15) is 32.7 Å². The van der Waals surface area contributed by atoms with Crippen LogP contribution in [0.2, 0.25) is 5.02 Å². The average Bonchev–Trinajstić information content (AvgIpc) is 2.75. The topological polar surface area (TPSA) is 64.9 Å². The molecule has 102 valence electrons. The fraction of sp³-hybridized carbons (Fsp3) is 0.385. The molecule has 0 unspecified atom stereocenters. The molecule has 0 aliphatic carbocycles. The molecule has 0 aliphatic heterocycles. The zero-order valence-electron chi connectivity index (χ0n) is 10.9. The van der Waals surface area contributed by atoms with E-state index in [-0.39, 0.29) is 16.5 Å². The molecule has 1 aromatic heterocycles. The third kappa shape index (κ3) is 2.93. The van der Waals surface area contributed by atoms with Gasteiger partial charge in [-0.2, -0.15) is 4.98 Å². The van der Waals surface area contributed by atoms with Crippen molar-refractivity contribution < 1.29 is 8.91 Å². The molecule has 0 radical (unpaired) electrons. The number of nitrogens with zero attached hydrogens (tertiary/aromatic N) is 2. The second-order valence-electron chi connectivity index (χ2n) is 5.42. The second-order valence-corrected chi connectivity index (χ2v) is 5.83. The van der Waals surface area contributed by atoms with Crippen LogP contribution in [0.15, 0.2) is 22.7 Å². The number of hydrogen-bond donors (Lipinski definition) is 1. The van der Waals surface area contributed by atoms with Gasteiger partial charge in [0.05, 0.1) is 11.1 Å². The number of rotatable bonds is 2. The van der Waals surface area contributed by atoms with Gasteiger partial charge >= 0.3 is 0 Å². The van der Waals surface area contributed by atoms with Gasteiger partial charge in [0.25, 0.3) is 0 Å². The van der Waals surface area contributed by atoms with E-state index in [9.17, 15) is 4.39 Å². The maximum Gasteiger partial charge on any atom is 0.244 e. The molecule has 0 aliphatic rings. The minimum Gasteiger partial charge on any atom is -0.337 e. The Balaban J connectivity index is 2.36. The van der Waals surface area contributed by atoms with Crippen molar-refractivity contribution >= 4 is 11.6 Å². The van der Waals surface area contributed by atoms with Crippen LogP contribution in [-0.4, -0.2) is 10.1 Å². The van der Waals surface area contributed by atoms with Crippen molar-refractivity contribution in [3.05, 3.63) is 34.9 Å². The van der Waals surface area contributed by atoms with Crippen molar-refractivity contribution in [2.24, 2.45) is 11.1 Å². The lowest BCUT2D eigenvalue weighted by Gasteiger charge is -2.23. The molecule has 0 spiro atoms. The van der Waals surface area contributed by atoms with E-state index in [0.29, 0.717) is 17.3 Å². The molecule has 4 nitrogen and oxygen atoms in total. The zero-order valence-corrected chi connectivity index (χ0v) is 11.7. The van der Waals surface area contributed by atoms with Crippen molar-refractivity contribution in [3.63, 3.8) is 0 Å². The van der Waals surface area contributed by atoms with Gasteiger partial charge in [-0.15, -0.1) is 0 Å². The molecular weight excluding hydrogens is 269 g/mol. The van der Waals surface area contributed by atoms with Gasteiger partial charge in [-0.3, -0.25) is 0 Å². The van der Waals surface area contributed by atoms with E-state index in [1.807, 2.05) is 20.8 Å². The number of hydrogen-bond acceptors (Lipinski definition) is 4. The van der Waals surface area contributed by atoms with Gasteiger partial charge in [0.2, 0.25) is 11.7 Å². The normalized spacial score (nSPS) is 13.6. The minimum atomic E-state index is -0.413. The van der Waals surface area contributed by atoms with Crippen molar-refractivity contribution in [2.45, 2.75) is 26.8 Å². The molecule has 0 fully saturated rings. The Morgan fingerprint density at radius 1 is 1.37 bits per heavy atom. The quantitative estimate of drug-likeness (QED) is 0.915. The van der Waals surface area contributed by atoms with Crippen molar-refractivity contribution in [1.82, 2.24) is 10.1 Å². The van der Waals surface area contributed by atoms with E-state index in [2.05, 4.69) is 10.1 Å². The summed E-state index contributed by atoms with van der Waals surface area (Å²) in [6.07, 6.45) is 0. The largest absolute Gasteiger partial charge is 0.337 e. The highest BCUT2D eigenvalue weighted by molar-refractivity contribution is 6.33. The standard InChI is InChI=1S/C13H15ClFN3O/c1-13(2,3)10(16)12-17-11(18-19-12)8-5-4-7(15)6-9(8)14/h4-6,10H,16H2,1-3H3/t10-/m1/s1. The first kappa shape index (κ1) is 14.0. The average molecular weight is 284 g/mol. The number of nitrogens with two attached hydrogens (primary N) is 1. The van der Waals surface area contributed by atoms with E-state index in [0.717, 1.165) is 0 Å². The molecule has 0 bridgehead atoms. The van der Waals surface area contributed by atoms with Crippen molar-refractivity contribution in [3.8, 4) is 11.4 Å². The third-order valence-electron chi connectivity index (χ3n) is 2.81. The van der Waals surface area contributed by atoms with E-state index in [1.165, 1.54) is 18.2 Å². The minimum absolute atomic E-state index is 0.198. The highest BCUT2D eigenvalue weighted by atomic mass is 35.5. The molecule has 0 saturated heterocycles. The predicted octanol–water partition coefficient (Wildman–Crippen LogP) is 3.58.